The van der Waals surface area contributed by atoms with Crippen LogP contribution in [0.1, 0.15) is 26.3 Å². The maximum absolute atomic E-state index is 10.5. The molecule has 1 aromatic carbocycles. The first-order chi connectivity index (χ1) is 6.22. The van der Waals surface area contributed by atoms with Gasteiger partial charge in [0.2, 0.25) is 0 Å². The fourth-order valence-corrected chi connectivity index (χ4v) is 1.26. The van der Waals surface area contributed by atoms with Crippen molar-refractivity contribution >= 4 is 25.2 Å². The first kappa shape index (κ1) is 9.49. The summed E-state index contributed by atoms with van der Waals surface area (Å²) in [6.07, 6.45) is 1.07. The van der Waals surface area contributed by atoms with Gasteiger partial charge in [-0.3, -0.25) is 9.59 Å². The van der Waals surface area contributed by atoms with Gasteiger partial charge in [0, 0.05) is 16.0 Å². The maximum atomic E-state index is 10.5. The van der Waals surface area contributed by atoms with Crippen molar-refractivity contribution in [3.05, 3.63) is 28.8 Å². The van der Waals surface area contributed by atoms with Crippen LogP contribution in [-0.2, 0) is 0 Å². The fourth-order valence-electron chi connectivity index (χ4n) is 0.986. The van der Waals surface area contributed by atoms with E-state index < -0.39 is 0 Å². The van der Waals surface area contributed by atoms with Crippen molar-refractivity contribution in [1.29, 1.82) is 5.26 Å². The number of rotatable bonds is 2. The predicted molar refractivity (Wildman–Crippen MR) is 49.2 cm³/mol. The van der Waals surface area contributed by atoms with Crippen molar-refractivity contribution in [2.24, 2.45) is 0 Å². The maximum Gasteiger partial charge on any atom is 0.151 e. The van der Waals surface area contributed by atoms with E-state index in [0.717, 1.165) is 0 Å². The van der Waals surface area contributed by atoms with E-state index in [1.807, 2.05) is 0 Å². The van der Waals surface area contributed by atoms with Gasteiger partial charge in [-0.1, -0.05) is 0 Å². The molecule has 0 aliphatic carbocycles. The molecular formula is C9H5NO2S. The summed E-state index contributed by atoms with van der Waals surface area (Å²) in [5, 5.41) is 8.66. The van der Waals surface area contributed by atoms with Crippen molar-refractivity contribution in [2.75, 3.05) is 0 Å². The van der Waals surface area contributed by atoms with Gasteiger partial charge in [-0.25, -0.2) is 0 Å². The number of carbonyl (C=O) groups is 2. The molecule has 0 heterocycles. The highest BCUT2D eigenvalue weighted by molar-refractivity contribution is 7.80. The lowest BCUT2D eigenvalue weighted by Crippen LogP contribution is -1.94. The second-order valence-corrected chi connectivity index (χ2v) is 2.86. The molecule has 0 unspecified atom stereocenters. The van der Waals surface area contributed by atoms with E-state index in [-0.39, 0.29) is 16.7 Å². The second-order valence-electron chi connectivity index (χ2n) is 2.35. The van der Waals surface area contributed by atoms with Crippen LogP contribution < -0.4 is 0 Å². The smallest absolute Gasteiger partial charge is 0.151 e. The zero-order valence-electron chi connectivity index (χ0n) is 6.52. The summed E-state index contributed by atoms with van der Waals surface area (Å²) in [6, 6.07) is 4.69. The molecule has 0 amide bonds. The van der Waals surface area contributed by atoms with Crippen molar-refractivity contribution in [2.45, 2.75) is 4.90 Å². The van der Waals surface area contributed by atoms with Gasteiger partial charge in [0.25, 0.3) is 0 Å². The Morgan fingerprint density at radius 3 is 2.00 bits per heavy atom. The molecular weight excluding hydrogens is 186 g/mol. The van der Waals surface area contributed by atoms with E-state index in [4.69, 9.17) is 5.26 Å². The van der Waals surface area contributed by atoms with E-state index in [2.05, 4.69) is 12.6 Å². The summed E-state index contributed by atoms with van der Waals surface area (Å²) in [4.78, 5) is 21.5. The molecule has 0 saturated carbocycles. The minimum atomic E-state index is 0.0998. The highest BCUT2D eigenvalue weighted by atomic mass is 32.1. The molecule has 0 aliphatic rings. The average Bonchev–Trinajstić information content (AvgIpc) is 2.16. The minimum absolute atomic E-state index is 0.0998. The number of nitriles is 1. The topological polar surface area (TPSA) is 57.9 Å². The second kappa shape index (κ2) is 3.87. The molecule has 0 spiro atoms. The molecule has 3 nitrogen and oxygen atoms in total. The Labute approximate surface area is 80.4 Å². The Morgan fingerprint density at radius 1 is 1.23 bits per heavy atom. The highest BCUT2D eigenvalue weighted by Gasteiger charge is 2.07. The van der Waals surface area contributed by atoms with Crippen LogP contribution in [0.5, 0.6) is 0 Å². The molecule has 0 aliphatic heterocycles. The Kier molecular flexibility index (Phi) is 2.83. The minimum Gasteiger partial charge on any atom is -0.298 e. The van der Waals surface area contributed by atoms with Gasteiger partial charge < -0.3 is 0 Å². The Bertz CT molecular complexity index is 378. The van der Waals surface area contributed by atoms with Crippen LogP contribution in [0.3, 0.4) is 0 Å². The lowest BCUT2D eigenvalue weighted by Gasteiger charge is -2.00. The molecule has 13 heavy (non-hydrogen) atoms. The van der Waals surface area contributed by atoms with Crippen LogP contribution in [-0.4, -0.2) is 12.6 Å². The van der Waals surface area contributed by atoms with Crippen molar-refractivity contribution in [3.63, 3.8) is 0 Å². The normalized spacial score (nSPS) is 8.92. The number of benzene rings is 1. The third kappa shape index (κ3) is 1.76. The molecule has 1 aromatic rings. The molecule has 0 N–H and O–H groups in total. The highest BCUT2D eigenvalue weighted by Crippen LogP contribution is 2.16. The van der Waals surface area contributed by atoms with Crippen molar-refractivity contribution in [3.8, 4) is 6.07 Å². The SMILES string of the molecule is N#Cc1c(C=O)cc(S)cc1C=O. The summed E-state index contributed by atoms with van der Waals surface area (Å²) in [6.45, 7) is 0. The van der Waals surface area contributed by atoms with Gasteiger partial charge >= 0.3 is 0 Å². The predicted octanol–water partition coefficient (Wildman–Crippen LogP) is 1.47. The van der Waals surface area contributed by atoms with Gasteiger partial charge in [0.15, 0.2) is 12.6 Å². The quantitative estimate of drug-likeness (QED) is 0.569. The van der Waals surface area contributed by atoms with Gasteiger partial charge in [0.05, 0.1) is 5.56 Å². The number of aldehydes is 2. The molecule has 0 fully saturated rings. The molecule has 0 aromatic heterocycles. The molecule has 0 saturated heterocycles. The van der Waals surface area contributed by atoms with Crippen molar-refractivity contribution in [1.82, 2.24) is 0 Å². The first-order valence-electron chi connectivity index (χ1n) is 3.40. The summed E-state index contributed by atoms with van der Waals surface area (Å²) in [7, 11) is 0. The van der Waals surface area contributed by atoms with Crippen LogP contribution in [0.25, 0.3) is 0 Å². The first-order valence-corrected chi connectivity index (χ1v) is 3.85. The van der Waals surface area contributed by atoms with Gasteiger partial charge in [-0.2, -0.15) is 5.26 Å². The zero-order valence-corrected chi connectivity index (χ0v) is 7.41. The van der Waals surface area contributed by atoms with E-state index in [0.29, 0.717) is 17.5 Å². The van der Waals surface area contributed by atoms with Crippen LogP contribution >= 0.6 is 12.6 Å². The van der Waals surface area contributed by atoms with E-state index in [9.17, 15) is 9.59 Å². The Balaban J connectivity index is 3.53. The van der Waals surface area contributed by atoms with Gasteiger partial charge in [0.1, 0.15) is 6.07 Å². The summed E-state index contributed by atoms with van der Waals surface area (Å²) >= 11 is 3.99. The number of hydrogen-bond acceptors (Lipinski definition) is 4. The van der Waals surface area contributed by atoms with Crippen LogP contribution in [0.4, 0.5) is 0 Å². The zero-order chi connectivity index (χ0) is 9.84. The fraction of sp³-hybridized carbons (Fsp3) is 0. The Hall–Kier alpha value is -1.60. The van der Waals surface area contributed by atoms with Crippen LogP contribution in [0.15, 0.2) is 17.0 Å². The summed E-state index contributed by atoms with van der Waals surface area (Å²) < 4.78 is 0. The number of carbonyl (C=O) groups excluding carboxylic acids is 2. The van der Waals surface area contributed by atoms with Crippen LogP contribution in [0.2, 0.25) is 0 Å². The van der Waals surface area contributed by atoms with Gasteiger partial charge in [-0.05, 0) is 12.1 Å². The molecule has 0 atom stereocenters. The average molecular weight is 191 g/mol. The summed E-state index contributed by atoms with van der Waals surface area (Å²) in [5.74, 6) is 0. The lowest BCUT2D eigenvalue weighted by molar-refractivity contribution is 0.112. The van der Waals surface area contributed by atoms with Crippen LogP contribution in [0, 0.1) is 11.3 Å². The van der Waals surface area contributed by atoms with E-state index in [1.165, 1.54) is 12.1 Å². The van der Waals surface area contributed by atoms with E-state index >= 15 is 0 Å². The number of nitrogens with zero attached hydrogens (tertiary/aromatic N) is 1. The largest absolute Gasteiger partial charge is 0.298 e. The van der Waals surface area contributed by atoms with Gasteiger partial charge in [-0.15, -0.1) is 12.6 Å². The molecule has 64 valence electrons. The number of thiol groups is 1. The third-order valence-corrected chi connectivity index (χ3v) is 1.81. The van der Waals surface area contributed by atoms with E-state index in [1.54, 1.807) is 6.07 Å². The number of hydrogen-bond donors (Lipinski definition) is 1. The molecule has 0 bridgehead atoms. The lowest BCUT2D eigenvalue weighted by atomic mass is 10.0. The third-order valence-electron chi connectivity index (χ3n) is 1.55. The Morgan fingerprint density at radius 2 is 1.69 bits per heavy atom. The van der Waals surface area contributed by atoms with Crippen molar-refractivity contribution < 1.29 is 9.59 Å². The molecule has 1 rings (SSSR count). The summed E-state index contributed by atoms with van der Waals surface area (Å²) in [5.41, 5.74) is 0.483. The standard InChI is InChI=1S/C9H5NO2S/c10-3-9-6(4-11)1-8(13)2-7(9)5-12/h1-2,4-5,13H. The molecule has 0 radical (unpaired) electrons. The molecule has 4 heteroatoms. The monoisotopic (exact) mass is 191 g/mol.